The zero-order valence-corrected chi connectivity index (χ0v) is 12.6. The van der Waals surface area contributed by atoms with Crippen molar-refractivity contribution in [2.75, 3.05) is 14.1 Å². The first-order chi connectivity index (χ1) is 10.7. The fourth-order valence-corrected chi connectivity index (χ4v) is 1.92. The van der Waals surface area contributed by atoms with E-state index in [9.17, 15) is 14.4 Å². The van der Waals surface area contributed by atoms with E-state index in [0.717, 1.165) is 5.56 Å². The Labute approximate surface area is 128 Å². The SMILES string of the molecule is CN.CNC(=O)c1cc(C=O)cn(Cc2ccccc2)c1=O. The molecular formula is C16H19N3O3. The summed E-state index contributed by atoms with van der Waals surface area (Å²) in [5.74, 6) is -0.500. The lowest BCUT2D eigenvalue weighted by Crippen LogP contribution is -2.31. The zero-order chi connectivity index (χ0) is 16.5. The van der Waals surface area contributed by atoms with E-state index in [1.54, 1.807) is 0 Å². The van der Waals surface area contributed by atoms with E-state index in [0.29, 0.717) is 18.4 Å². The van der Waals surface area contributed by atoms with Crippen molar-refractivity contribution in [2.24, 2.45) is 5.73 Å². The maximum Gasteiger partial charge on any atom is 0.263 e. The van der Waals surface area contributed by atoms with Gasteiger partial charge in [0.1, 0.15) is 5.56 Å². The van der Waals surface area contributed by atoms with Gasteiger partial charge in [-0.25, -0.2) is 0 Å². The first-order valence-electron chi connectivity index (χ1n) is 6.69. The first-order valence-corrected chi connectivity index (χ1v) is 6.69. The van der Waals surface area contributed by atoms with Gasteiger partial charge in [0.05, 0.1) is 6.54 Å². The Morgan fingerprint density at radius 3 is 2.45 bits per heavy atom. The van der Waals surface area contributed by atoms with Crippen molar-refractivity contribution >= 4 is 12.2 Å². The maximum absolute atomic E-state index is 12.2. The van der Waals surface area contributed by atoms with Crippen LogP contribution in [-0.2, 0) is 6.54 Å². The molecule has 0 atom stereocenters. The molecule has 0 unspecified atom stereocenters. The minimum atomic E-state index is -0.500. The van der Waals surface area contributed by atoms with E-state index in [1.165, 1.54) is 30.9 Å². The van der Waals surface area contributed by atoms with Crippen LogP contribution in [0.1, 0.15) is 26.3 Å². The Bertz CT molecular complexity index is 694. The first kappa shape index (κ1) is 17.3. The van der Waals surface area contributed by atoms with E-state index in [-0.39, 0.29) is 5.56 Å². The van der Waals surface area contributed by atoms with Gasteiger partial charge in [0.15, 0.2) is 6.29 Å². The molecule has 0 radical (unpaired) electrons. The molecule has 116 valence electrons. The largest absolute Gasteiger partial charge is 0.355 e. The van der Waals surface area contributed by atoms with Crippen LogP contribution in [0.25, 0.3) is 0 Å². The van der Waals surface area contributed by atoms with Gasteiger partial charge in [0.2, 0.25) is 0 Å². The van der Waals surface area contributed by atoms with E-state index >= 15 is 0 Å². The highest BCUT2D eigenvalue weighted by atomic mass is 16.2. The summed E-state index contributed by atoms with van der Waals surface area (Å²) in [4.78, 5) is 34.8. The number of hydrogen-bond acceptors (Lipinski definition) is 4. The molecule has 0 fully saturated rings. The van der Waals surface area contributed by atoms with Crippen LogP contribution in [-0.4, -0.2) is 30.9 Å². The summed E-state index contributed by atoms with van der Waals surface area (Å²) < 4.78 is 1.36. The predicted molar refractivity (Wildman–Crippen MR) is 85.1 cm³/mol. The van der Waals surface area contributed by atoms with Crippen LogP contribution >= 0.6 is 0 Å². The molecule has 6 nitrogen and oxygen atoms in total. The van der Waals surface area contributed by atoms with Crippen LogP contribution in [0.5, 0.6) is 0 Å². The number of benzene rings is 1. The van der Waals surface area contributed by atoms with Crippen LogP contribution < -0.4 is 16.6 Å². The molecule has 0 bridgehead atoms. The number of amides is 1. The number of hydrogen-bond donors (Lipinski definition) is 2. The smallest absolute Gasteiger partial charge is 0.263 e. The van der Waals surface area contributed by atoms with Gasteiger partial charge in [-0.15, -0.1) is 0 Å². The van der Waals surface area contributed by atoms with Gasteiger partial charge in [-0.05, 0) is 18.7 Å². The third kappa shape index (κ3) is 4.13. The fourth-order valence-electron chi connectivity index (χ4n) is 1.92. The second-order valence-electron chi connectivity index (χ2n) is 4.30. The lowest BCUT2D eigenvalue weighted by atomic mass is 10.1. The third-order valence-corrected chi connectivity index (χ3v) is 2.91. The molecule has 0 saturated heterocycles. The topological polar surface area (TPSA) is 94.2 Å². The monoisotopic (exact) mass is 301 g/mol. The number of aromatic nitrogens is 1. The molecular weight excluding hydrogens is 282 g/mol. The second kappa shape index (κ2) is 8.53. The summed E-state index contributed by atoms with van der Waals surface area (Å²) in [7, 11) is 2.94. The molecule has 0 saturated carbocycles. The van der Waals surface area contributed by atoms with E-state index in [2.05, 4.69) is 11.1 Å². The van der Waals surface area contributed by atoms with Crippen molar-refractivity contribution in [3.63, 3.8) is 0 Å². The fraction of sp³-hybridized carbons (Fsp3) is 0.188. The van der Waals surface area contributed by atoms with Gasteiger partial charge in [-0.3, -0.25) is 14.4 Å². The normalized spacial score (nSPS) is 9.41. The van der Waals surface area contributed by atoms with Gasteiger partial charge in [0, 0.05) is 18.8 Å². The molecule has 1 heterocycles. The number of pyridine rings is 1. The van der Waals surface area contributed by atoms with Gasteiger partial charge >= 0.3 is 0 Å². The molecule has 3 N–H and O–H groups in total. The lowest BCUT2D eigenvalue weighted by molar-refractivity contribution is 0.0961. The highest BCUT2D eigenvalue weighted by Crippen LogP contribution is 2.04. The Kier molecular flexibility index (Phi) is 6.72. The molecule has 0 aliphatic carbocycles. The summed E-state index contributed by atoms with van der Waals surface area (Å²) in [5, 5.41) is 2.40. The maximum atomic E-state index is 12.2. The minimum absolute atomic E-state index is 0.0342. The second-order valence-corrected chi connectivity index (χ2v) is 4.30. The molecule has 0 spiro atoms. The average Bonchev–Trinajstić information content (AvgIpc) is 2.58. The summed E-state index contributed by atoms with van der Waals surface area (Å²) >= 11 is 0. The van der Waals surface area contributed by atoms with Crippen molar-refractivity contribution in [1.82, 2.24) is 9.88 Å². The lowest BCUT2D eigenvalue weighted by Gasteiger charge is -2.09. The number of nitrogens with one attached hydrogen (secondary N) is 1. The zero-order valence-electron chi connectivity index (χ0n) is 12.6. The van der Waals surface area contributed by atoms with Gasteiger partial charge in [0.25, 0.3) is 11.5 Å². The molecule has 1 amide bonds. The highest BCUT2D eigenvalue weighted by Gasteiger charge is 2.13. The Balaban J connectivity index is 0.00000116. The quantitative estimate of drug-likeness (QED) is 0.810. The minimum Gasteiger partial charge on any atom is -0.355 e. The van der Waals surface area contributed by atoms with E-state index in [1.807, 2.05) is 30.3 Å². The van der Waals surface area contributed by atoms with Crippen LogP contribution in [0.3, 0.4) is 0 Å². The highest BCUT2D eigenvalue weighted by molar-refractivity contribution is 5.95. The van der Waals surface area contributed by atoms with Gasteiger partial charge in [-0.2, -0.15) is 0 Å². The van der Waals surface area contributed by atoms with Crippen molar-refractivity contribution in [2.45, 2.75) is 6.54 Å². The van der Waals surface area contributed by atoms with Crippen LogP contribution in [0.4, 0.5) is 0 Å². The van der Waals surface area contributed by atoms with Gasteiger partial charge in [-0.1, -0.05) is 30.3 Å². The third-order valence-electron chi connectivity index (χ3n) is 2.91. The molecule has 0 aliphatic rings. The Morgan fingerprint density at radius 2 is 1.91 bits per heavy atom. The summed E-state index contributed by atoms with van der Waals surface area (Å²) in [5.41, 5.74) is 5.26. The number of nitrogens with two attached hydrogens (primary N) is 1. The molecule has 22 heavy (non-hydrogen) atoms. The number of rotatable bonds is 4. The number of aldehydes is 1. The molecule has 0 aliphatic heterocycles. The molecule has 2 rings (SSSR count). The van der Waals surface area contributed by atoms with Crippen molar-refractivity contribution in [1.29, 1.82) is 0 Å². The van der Waals surface area contributed by atoms with Crippen LogP contribution in [0.15, 0.2) is 47.4 Å². The number of carbonyl (C=O) groups is 2. The average molecular weight is 301 g/mol. The van der Waals surface area contributed by atoms with Crippen LogP contribution in [0, 0.1) is 0 Å². The molecule has 1 aromatic heterocycles. The molecule has 6 heteroatoms. The number of nitrogens with zero attached hydrogens (tertiary/aromatic N) is 1. The Hall–Kier alpha value is -2.73. The molecule has 1 aromatic carbocycles. The van der Waals surface area contributed by atoms with Crippen LogP contribution in [0.2, 0.25) is 0 Å². The summed E-state index contributed by atoms with van der Waals surface area (Å²) in [6, 6.07) is 10.7. The van der Waals surface area contributed by atoms with Crippen molar-refractivity contribution < 1.29 is 9.59 Å². The van der Waals surface area contributed by atoms with E-state index < -0.39 is 11.5 Å². The van der Waals surface area contributed by atoms with Crippen molar-refractivity contribution in [3.05, 3.63) is 69.6 Å². The summed E-state index contributed by atoms with van der Waals surface area (Å²) in [6.45, 7) is 0.311. The molecule has 2 aromatic rings. The number of carbonyl (C=O) groups excluding carboxylic acids is 2. The summed E-state index contributed by atoms with van der Waals surface area (Å²) in [6.07, 6.45) is 2.07. The van der Waals surface area contributed by atoms with E-state index in [4.69, 9.17) is 0 Å². The van der Waals surface area contributed by atoms with Gasteiger partial charge < -0.3 is 15.6 Å². The standard InChI is InChI=1S/C15H14N2O3.CH5N/c1-16-14(19)13-7-12(10-18)9-17(15(13)20)8-11-5-3-2-4-6-11;1-2/h2-7,9-10H,8H2,1H3,(H,16,19);2H2,1H3. The van der Waals surface area contributed by atoms with Crippen molar-refractivity contribution in [3.8, 4) is 0 Å². The Morgan fingerprint density at radius 1 is 1.27 bits per heavy atom. The predicted octanol–water partition coefficient (Wildman–Crippen LogP) is 0.644.